The fourth-order valence-electron chi connectivity index (χ4n) is 3.39. The Kier molecular flexibility index (Phi) is 6.36. The molecule has 2 aromatic carbocycles. The maximum absolute atomic E-state index is 12.4. The maximum Gasteiger partial charge on any atom is 0.451 e. The molecule has 0 saturated heterocycles. The Labute approximate surface area is 186 Å². The zero-order valence-corrected chi connectivity index (χ0v) is 17.3. The number of fused-ring (bicyclic) bond motifs is 1. The number of nitrogens with one attached hydrogen (secondary N) is 1. The van der Waals surface area contributed by atoms with Gasteiger partial charge < -0.3 is 15.0 Å². The normalized spacial score (nSPS) is 12.6. The number of carbonyl (C=O) groups excluding carboxylic acids is 1. The average Bonchev–Trinajstić information content (AvgIpc) is 3.24. The van der Waals surface area contributed by atoms with Crippen molar-refractivity contribution in [2.24, 2.45) is 0 Å². The topological polar surface area (TPSA) is 92.9 Å². The molecule has 7 nitrogen and oxygen atoms in total. The van der Waals surface area contributed by atoms with Gasteiger partial charge in [0.2, 0.25) is 5.95 Å². The number of imidazole rings is 1. The van der Waals surface area contributed by atoms with E-state index in [0.29, 0.717) is 17.3 Å². The molecule has 0 aliphatic carbocycles. The van der Waals surface area contributed by atoms with Crippen LogP contribution < -0.4 is 5.32 Å². The molecular formula is C23H20F3N5O2. The van der Waals surface area contributed by atoms with E-state index in [9.17, 15) is 23.1 Å². The van der Waals surface area contributed by atoms with Crippen LogP contribution in [0, 0.1) is 0 Å². The van der Waals surface area contributed by atoms with Gasteiger partial charge in [-0.25, -0.2) is 15.0 Å². The molecule has 1 atom stereocenters. The molecule has 0 radical (unpaired) electrons. The molecule has 170 valence electrons. The second kappa shape index (κ2) is 9.37. The lowest BCUT2D eigenvalue weighted by atomic mass is 10.1. The van der Waals surface area contributed by atoms with E-state index in [0.717, 1.165) is 27.2 Å². The number of aliphatic hydroxyl groups is 1. The van der Waals surface area contributed by atoms with Crippen LogP contribution in [-0.4, -0.2) is 49.2 Å². The van der Waals surface area contributed by atoms with Crippen LogP contribution in [0.1, 0.15) is 5.69 Å². The summed E-state index contributed by atoms with van der Waals surface area (Å²) in [5.41, 5.74) is 2.03. The Morgan fingerprint density at radius 1 is 1.09 bits per heavy atom. The van der Waals surface area contributed by atoms with E-state index in [2.05, 4.69) is 20.3 Å². The molecule has 33 heavy (non-hydrogen) atoms. The maximum atomic E-state index is 12.4. The zero-order chi connectivity index (χ0) is 23.4. The summed E-state index contributed by atoms with van der Waals surface area (Å²) in [5, 5.41) is 15.0. The Morgan fingerprint density at radius 2 is 1.88 bits per heavy atom. The van der Waals surface area contributed by atoms with Gasteiger partial charge in [0.25, 0.3) is 5.78 Å². The molecule has 4 aromatic rings. The highest BCUT2D eigenvalue weighted by atomic mass is 19.4. The lowest BCUT2D eigenvalue weighted by Gasteiger charge is -2.15. The second-order valence-electron chi connectivity index (χ2n) is 7.51. The van der Waals surface area contributed by atoms with Gasteiger partial charge in [-0.15, -0.1) is 0 Å². The van der Waals surface area contributed by atoms with Crippen molar-refractivity contribution in [1.82, 2.24) is 19.5 Å². The van der Waals surface area contributed by atoms with E-state index in [-0.39, 0.29) is 13.0 Å². The van der Waals surface area contributed by atoms with Gasteiger partial charge in [-0.3, -0.25) is 4.79 Å². The number of benzene rings is 2. The van der Waals surface area contributed by atoms with Gasteiger partial charge in [0.15, 0.2) is 0 Å². The van der Waals surface area contributed by atoms with Crippen molar-refractivity contribution in [2.75, 3.05) is 11.9 Å². The van der Waals surface area contributed by atoms with E-state index in [1.807, 2.05) is 42.5 Å². The van der Waals surface area contributed by atoms with E-state index in [1.54, 1.807) is 12.3 Å². The summed E-state index contributed by atoms with van der Waals surface area (Å²) < 4.78 is 38.4. The number of halogens is 3. The summed E-state index contributed by atoms with van der Waals surface area (Å²) in [6.07, 6.45) is -0.587. The minimum Gasteiger partial charge on any atom is -0.394 e. The number of aliphatic hydroxyl groups excluding tert-OH is 1. The molecule has 1 unspecified atom stereocenters. The van der Waals surface area contributed by atoms with E-state index < -0.39 is 24.5 Å². The Bertz CT molecular complexity index is 1270. The third-order valence-corrected chi connectivity index (χ3v) is 5.04. The summed E-state index contributed by atoms with van der Waals surface area (Å²) in [4.78, 5) is 23.9. The summed E-state index contributed by atoms with van der Waals surface area (Å²) in [6.45, 7) is -1.12. The molecule has 2 N–H and O–H groups in total. The van der Waals surface area contributed by atoms with Crippen molar-refractivity contribution in [3.8, 4) is 11.3 Å². The largest absolute Gasteiger partial charge is 0.451 e. The van der Waals surface area contributed by atoms with E-state index in [4.69, 9.17) is 0 Å². The summed E-state index contributed by atoms with van der Waals surface area (Å²) >= 11 is 0. The number of alkyl halides is 3. The van der Waals surface area contributed by atoms with Gasteiger partial charge in [-0.05, 0) is 22.9 Å². The highest BCUT2D eigenvalue weighted by molar-refractivity contribution is 5.86. The van der Waals surface area contributed by atoms with Gasteiger partial charge in [0.1, 0.15) is 0 Å². The summed E-state index contributed by atoms with van der Waals surface area (Å²) in [6, 6.07) is 15.2. The Morgan fingerprint density at radius 3 is 2.64 bits per heavy atom. The summed E-state index contributed by atoms with van der Waals surface area (Å²) in [7, 11) is 0. The second-order valence-corrected chi connectivity index (χ2v) is 7.51. The van der Waals surface area contributed by atoms with Crippen LogP contribution in [0.4, 0.5) is 19.1 Å². The number of carbonyl (C=O) groups is 1. The minimum atomic E-state index is -4.90. The van der Waals surface area contributed by atoms with Crippen molar-refractivity contribution < 1.29 is 23.1 Å². The molecule has 10 heteroatoms. The monoisotopic (exact) mass is 455 g/mol. The molecule has 0 bridgehead atoms. The predicted octanol–water partition coefficient (Wildman–Crippen LogP) is 3.64. The number of rotatable bonds is 8. The van der Waals surface area contributed by atoms with Crippen molar-refractivity contribution >= 4 is 22.5 Å². The van der Waals surface area contributed by atoms with Crippen LogP contribution >= 0.6 is 0 Å². The first-order valence-corrected chi connectivity index (χ1v) is 10.1. The van der Waals surface area contributed by atoms with Crippen LogP contribution in [0.2, 0.25) is 0 Å². The van der Waals surface area contributed by atoms with Crippen LogP contribution in [0.3, 0.4) is 0 Å². The number of nitrogens with zero attached hydrogens (tertiary/aromatic N) is 4. The lowest BCUT2D eigenvalue weighted by molar-refractivity contribution is -0.171. The molecule has 0 spiro atoms. The first-order chi connectivity index (χ1) is 15.8. The van der Waals surface area contributed by atoms with E-state index in [1.165, 1.54) is 6.20 Å². The minimum absolute atomic E-state index is 0.202. The van der Waals surface area contributed by atoms with Crippen molar-refractivity contribution in [3.05, 3.63) is 72.9 Å². The molecule has 0 aliphatic heterocycles. The fraction of sp³-hybridized carbons (Fsp3) is 0.217. The Hall–Kier alpha value is -3.79. The predicted molar refractivity (Wildman–Crippen MR) is 116 cm³/mol. The van der Waals surface area contributed by atoms with Crippen LogP contribution in [0.5, 0.6) is 0 Å². The van der Waals surface area contributed by atoms with Gasteiger partial charge in [-0.1, -0.05) is 36.4 Å². The number of hydrogen-bond acceptors (Lipinski definition) is 6. The summed E-state index contributed by atoms with van der Waals surface area (Å²) in [5.74, 6) is -1.56. The molecular weight excluding hydrogens is 435 g/mol. The van der Waals surface area contributed by atoms with E-state index >= 15 is 0 Å². The van der Waals surface area contributed by atoms with Crippen LogP contribution in [0.15, 0.2) is 67.3 Å². The first-order valence-electron chi connectivity index (χ1n) is 10.1. The molecule has 0 amide bonds. The Balaban J connectivity index is 1.45. The first kappa shape index (κ1) is 22.4. The molecule has 2 heterocycles. The van der Waals surface area contributed by atoms with Gasteiger partial charge in [0, 0.05) is 24.4 Å². The number of ketones is 1. The van der Waals surface area contributed by atoms with Gasteiger partial charge >= 0.3 is 6.18 Å². The molecule has 2 aromatic heterocycles. The molecule has 0 fully saturated rings. The smallest absolute Gasteiger partial charge is 0.394 e. The number of Topliss-reactive ketones (excluding diaryl/α,β-unsaturated/α-hetero) is 1. The quantitative estimate of drug-likeness (QED) is 0.422. The molecule has 4 rings (SSSR count). The van der Waals surface area contributed by atoms with Crippen molar-refractivity contribution in [2.45, 2.75) is 25.2 Å². The standard InChI is InChI=1S/C23H20F3N5O2/c24-23(25,26)21(33)12-31-11-18(28-14-31)10-19(13-32)29-22-27-8-7-20(30-22)17-6-5-15-3-1-2-4-16(15)9-17/h1-9,11,14,19,32H,10,12-13H2,(H,27,29,30). The average molecular weight is 455 g/mol. The number of anilines is 1. The number of aromatic nitrogens is 4. The molecule has 0 aliphatic rings. The molecule has 0 saturated carbocycles. The van der Waals surface area contributed by atoms with Gasteiger partial charge in [0.05, 0.1) is 36.9 Å². The van der Waals surface area contributed by atoms with Crippen molar-refractivity contribution in [1.29, 1.82) is 0 Å². The third kappa shape index (κ3) is 5.53. The highest BCUT2D eigenvalue weighted by Gasteiger charge is 2.38. The SMILES string of the molecule is O=C(Cn1cnc(CC(CO)Nc2nccc(-c3ccc4ccccc4c3)n2)c1)C(F)(F)F. The van der Waals surface area contributed by atoms with Crippen molar-refractivity contribution in [3.63, 3.8) is 0 Å². The highest BCUT2D eigenvalue weighted by Crippen LogP contribution is 2.23. The fourth-order valence-corrected chi connectivity index (χ4v) is 3.39. The number of hydrogen-bond donors (Lipinski definition) is 2. The zero-order valence-electron chi connectivity index (χ0n) is 17.3. The third-order valence-electron chi connectivity index (χ3n) is 5.04. The van der Waals surface area contributed by atoms with Crippen LogP contribution in [-0.2, 0) is 17.8 Å². The van der Waals surface area contributed by atoms with Gasteiger partial charge in [-0.2, -0.15) is 13.2 Å². The lowest BCUT2D eigenvalue weighted by Crippen LogP contribution is -2.28. The van der Waals surface area contributed by atoms with Crippen LogP contribution in [0.25, 0.3) is 22.0 Å².